The Hall–Kier alpha value is -3.63. The van der Waals surface area contributed by atoms with E-state index >= 15 is 0 Å². The average molecular weight is 368 g/mol. The van der Waals surface area contributed by atoms with Crippen LogP contribution >= 0.6 is 0 Å². The van der Waals surface area contributed by atoms with Gasteiger partial charge in [-0.25, -0.2) is 10.2 Å². The van der Waals surface area contributed by atoms with Gasteiger partial charge >= 0.3 is 12.2 Å². The van der Waals surface area contributed by atoms with E-state index in [0.717, 1.165) is 24.3 Å². The van der Waals surface area contributed by atoms with Gasteiger partial charge in [-0.05, 0) is 18.2 Å². The second-order valence-corrected chi connectivity index (χ2v) is 4.88. The third kappa shape index (κ3) is 4.69. The van der Waals surface area contributed by atoms with E-state index in [1.54, 1.807) is 0 Å². The highest BCUT2D eigenvalue weighted by Gasteiger charge is 2.33. The quantitative estimate of drug-likeness (QED) is 0.571. The predicted octanol–water partition coefficient (Wildman–Crippen LogP) is 3.08. The van der Waals surface area contributed by atoms with Crippen molar-refractivity contribution in [3.05, 3.63) is 69.8 Å². The number of benzene rings is 2. The second kappa shape index (κ2) is 7.51. The predicted molar refractivity (Wildman–Crippen MR) is 84.2 cm³/mol. The van der Waals surface area contributed by atoms with Crippen molar-refractivity contribution in [3.8, 4) is 0 Å². The summed E-state index contributed by atoms with van der Waals surface area (Å²) in [6, 6.07) is 7.86. The number of hydrogen-bond donors (Lipinski definition) is 3. The SMILES string of the molecule is O=C(NNC(=O)c1cccc([N+](=O)[O-])c1)Nc1ccccc1C(F)(F)F. The third-order valence-corrected chi connectivity index (χ3v) is 3.09. The topological polar surface area (TPSA) is 113 Å². The number of alkyl halides is 3. The number of nitrogens with zero attached hydrogens (tertiary/aromatic N) is 1. The van der Waals surface area contributed by atoms with Gasteiger partial charge in [-0.2, -0.15) is 13.2 Å². The Morgan fingerprint density at radius 2 is 1.69 bits per heavy atom. The van der Waals surface area contributed by atoms with Crippen LogP contribution in [-0.2, 0) is 6.18 Å². The monoisotopic (exact) mass is 368 g/mol. The zero-order valence-corrected chi connectivity index (χ0v) is 12.8. The molecule has 0 aromatic heterocycles. The van der Waals surface area contributed by atoms with Crippen molar-refractivity contribution in [2.75, 3.05) is 5.32 Å². The molecule has 3 N–H and O–H groups in total. The minimum atomic E-state index is -4.67. The van der Waals surface area contributed by atoms with Crippen LogP contribution in [0.4, 0.5) is 29.3 Å². The highest BCUT2D eigenvalue weighted by molar-refractivity contribution is 5.97. The summed E-state index contributed by atoms with van der Waals surface area (Å²) < 4.78 is 38.5. The summed E-state index contributed by atoms with van der Waals surface area (Å²) in [6.45, 7) is 0. The van der Waals surface area contributed by atoms with Crippen LogP contribution in [0.1, 0.15) is 15.9 Å². The Morgan fingerprint density at radius 3 is 2.35 bits per heavy atom. The van der Waals surface area contributed by atoms with Gasteiger partial charge in [-0.3, -0.25) is 20.3 Å². The van der Waals surface area contributed by atoms with Crippen LogP contribution in [-0.4, -0.2) is 16.9 Å². The fraction of sp³-hybridized carbons (Fsp3) is 0.0667. The number of rotatable bonds is 3. The minimum Gasteiger partial charge on any atom is -0.306 e. The lowest BCUT2D eigenvalue weighted by Gasteiger charge is -2.14. The zero-order chi connectivity index (χ0) is 19.3. The molecular weight excluding hydrogens is 357 g/mol. The standard InChI is InChI=1S/C15H11F3N4O4/c16-15(17,18)11-6-1-2-7-12(11)19-14(24)21-20-13(23)9-4-3-5-10(8-9)22(25)26/h1-8H,(H,20,23)(H2,19,21,24). The van der Waals surface area contributed by atoms with Gasteiger partial charge in [0.1, 0.15) is 0 Å². The van der Waals surface area contributed by atoms with Crippen molar-refractivity contribution in [2.45, 2.75) is 6.18 Å². The maximum absolute atomic E-state index is 12.8. The highest BCUT2D eigenvalue weighted by atomic mass is 19.4. The van der Waals surface area contributed by atoms with Gasteiger partial charge in [0.25, 0.3) is 11.6 Å². The Balaban J connectivity index is 2.01. The molecule has 0 radical (unpaired) electrons. The fourth-order valence-corrected chi connectivity index (χ4v) is 1.94. The second-order valence-electron chi connectivity index (χ2n) is 4.88. The summed E-state index contributed by atoms with van der Waals surface area (Å²) in [6.07, 6.45) is -4.67. The number of carbonyl (C=O) groups excluding carboxylic acids is 2. The van der Waals surface area contributed by atoms with Crippen molar-refractivity contribution >= 4 is 23.3 Å². The third-order valence-electron chi connectivity index (χ3n) is 3.09. The van der Waals surface area contributed by atoms with Crippen LogP contribution in [0.5, 0.6) is 0 Å². The lowest BCUT2D eigenvalue weighted by atomic mass is 10.1. The molecule has 2 aromatic rings. The average Bonchev–Trinajstić information content (AvgIpc) is 2.59. The first-order valence-corrected chi connectivity index (χ1v) is 6.96. The molecule has 0 bridgehead atoms. The van der Waals surface area contributed by atoms with E-state index in [1.807, 2.05) is 16.2 Å². The lowest BCUT2D eigenvalue weighted by molar-refractivity contribution is -0.384. The number of nitro benzene ring substituents is 1. The van der Waals surface area contributed by atoms with Gasteiger partial charge in [0.15, 0.2) is 0 Å². The Bertz CT molecular complexity index is 855. The number of halogens is 3. The van der Waals surface area contributed by atoms with E-state index in [4.69, 9.17) is 0 Å². The van der Waals surface area contributed by atoms with E-state index in [1.165, 1.54) is 24.3 Å². The molecule has 0 fully saturated rings. The molecule has 2 aromatic carbocycles. The fourth-order valence-electron chi connectivity index (χ4n) is 1.94. The molecule has 11 heteroatoms. The van der Waals surface area contributed by atoms with Crippen molar-refractivity contribution in [2.24, 2.45) is 0 Å². The molecule has 0 aliphatic heterocycles. The number of non-ortho nitro benzene ring substituents is 1. The molecule has 136 valence electrons. The maximum atomic E-state index is 12.8. The van der Waals surface area contributed by atoms with Crippen molar-refractivity contribution in [1.29, 1.82) is 0 Å². The summed E-state index contributed by atoms with van der Waals surface area (Å²) in [5.74, 6) is -0.882. The number of carbonyl (C=O) groups is 2. The van der Waals surface area contributed by atoms with Gasteiger partial charge in [-0.15, -0.1) is 0 Å². The number of hydrazine groups is 1. The van der Waals surface area contributed by atoms with Gasteiger partial charge in [0, 0.05) is 17.7 Å². The molecule has 0 aliphatic rings. The Labute approximate surface area is 144 Å². The van der Waals surface area contributed by atoms with Crippen molar-refractivity contribution in [3.63, 3.8) is 0 Å². The number of hydrogen-bond acceptors (Lipinski definition) is 4. The van der Waals surface area contributed by atoms with Crippen LogP contribution < -0.4 is 16.2 Å². The van der Waals surface area contributed by atoms with E-state index in [0.29, 0.717) is 0 Å². The molecular formula is C15H11F3N4O4. The minimum absolute atomic E-state index is 0.116. The summed E-state index contributed by atoms with van der Waals surface area (Å²) in [4.78, 5) is 33.5. The van der Waals surface area contributed by atoms with E-state index in [2.05, 4.69) is 0 Å². The van der Waals surface area contributed by atoms with Crippen LogP contribution in [0, 0.1) is 10.1 Å². The van der Waals surface area contributed by atoms with Crippen LogP contribution in [0.3, 0.4) is 0 Å². The van der Waals surface area contributed by atoms with Crippen LogP contribution in [0.2, 0.25) is 0 Å². The van der Waals surface area contributed by atoms with Crippen LogP contribution in [0.15, 0.2) is 48.5 Å². The first-order valence-electron chi connectivity index (χ1n) is 6.96. The number of nitrogens with one attached hydrogen (secondary N) is 3. The number of amides is 3. The summed E-state index contributed by atoms with van der Waals surface area (Å²) >= 11 is 0. The largest absolute Gasteiger partial charge is 0.418 e. The molecule has 0 unspecified atom stereocenters. The highest BCUT2D eigenvalue weighted by Crippen LogP contribution is 2.34. The van der Waals surface area contributed by atoms with Gasteiger partial charge < -0.3 is 5.32 Å². The molecule has 0 aliphatic carbocycles. The number of anilines is 1. The molecule has 0 saturated carbocycles. The smallest absolute Gasteiger partial charge is 0.306 e. The molecule has 0 atom stereocenters. The van der Waals surface area contributed by atoms with E-state index in [9.17, 15) is 32.9 Å². The van der Waals surface area contributed by atoms with Crippen molar-refractivity contribution < 1.29 is 27.7 Å². The van der Waals surface area contributed by atoms with E-state index < -0.39 is 34.3 Å². The maximum Gasteiger partial charge on any atom is 0.418 e. The normalized spacial score (nSPS) is 10.7. The Kier molecular flexibility index (Phi) is 5.40. The molecule has 2 rings (SSSR count). The molecule has 26 heavy (non-hydrogen) atoms. The zero-order valence-electron chi connectivity index (χ0n) is 12.8. The summed E-state index contributed by atoms with van der Waals surface area (Å²) in [7, 11) is 0. The lowest BCUT2D eigenvalue weighted by Crippen LogP contribution is -2.44. The molecule has 3 amide bonds. The number of nitro groups is 1. The number of para-hydroxylation sites is 1. The molecule has 0 spiro atoms. The molecule has 8 nitrogen and oxygen atoms in total. The summed E-state index contributed by atoms with van der Waals surface area (Å²) in [5, 5.41) is 12.6. The molecule has 0 saturated heterocycles. The number of urea groups is 1. The van der Waals surface area contributed by atoms with Crippen molar-refractivity contribution in [1.82, 2.24) is 10.9 Å². The van der Waals surface area contributed by atoms with Gasteiger partial charge in [0.2, 0.25) is 0 Å². The Morgan fingerprint density at radius 1 is 1.00 bits per heavy atom. The van der Waals surface area contributed by atoms with E-state index in [-0.39, 0.29) is 11.3 Å². The molecule has 0 heterocycles. The summed E-state index contributed by atoms with van der Waals surface area (Å²) in [5.41, 5.74) is 1.81. The van der Waals surface area contributed by atoms with Gasteiger partial charge in [-0.1, -0.05) is 18.2 Å². The van der Waals surface area contributed by atoms with Gasteiger partial charge in [0.05, 0.1) is 16.2 Å². The van der Waals surface area contributed by atoms with Crippen LogP contribution in [0.25, 0.3) is 0 Å². The first-order chi connectivity index (χ1) is 12.2. The first kappa shape index (κ1) is 18.7.